The van der Waals surface area contributed by atoms with Crippen LogP contribution in [0.2, 0.25) is 0 Å². The molecule has 0 aromatic heterocycles. The molecule has 0 unspecified atom stereocenters. The molecular weight excluding hydrogens is 344 g/mol. The van der Waals surface area contributed by atoms with Crippen molar-refractivity contribution in [2.75, 3.05) is 5.32 Å². The van der Waals surface area contributed by atoms with Gasteiger partial charge in [-0.15, -0.1) is 8.78 Å². The lowest BCUT2D eigenvalue weighted by atomic mass is 10.1. The highest BCUT2D eigenvalue weighted by Gasteiger charge is 2.43. The van der Waals surface area contributed by atoms with Crippen LogP contribution in [0.5, 0.6) is 11.5 Å². The van der Waals surface area contributed by atoms with E-state index in [0.29, 0.717) is 0 Å². The van der Waals surface area contributed by atoms with Gasteiger partial charge in [0.1, 0.15) is 0 Å². The highest BCUT2D eigenvalue weighted by atomic mass is 19.3. The van der Waals surface area contributed by atoms with Crippen molar-refractivity contribution in [3.8, 4) is 11.5 Å². The second-order valence-corrected chi connectivity index (χ2v) is 4.63. The summed E-state index contributed by atoms with van der Waals surface area (Å²) in [7, 11) is 0. The average molecular weight is 349 g/mol. The van der Waals surface area contributed by atoms with E-state index in [0.717, 1.165) is 18.2 Å². The van der Waals surface area contributed by atoms with Crippen molar-refractivity contribution in [3.63, 3.8) is 0 Å². The molecule has 2 aromatic carbocycles. The van der Waals surface area contributed by atoms with Crippen LogP contribution < -0.4 is 14.8 Å². The fourth-order valence-corrected chi connectivity index (χ4v) is 1.96. The van der Waals surface area contributed by atoms with E-state index in [9.17, 15) is 31.1 Å². The summed E-state index contributed by atoms with van der Waals surface area (Å²) in [6, 6.07) is 3.25. The third-order valence-electron chi connectivity index (χ3n) is 3.01. The topological polar surface area (TPSA) is 47.6 Å². The van der Waals surface area contributed by atoms with Crippen LogP contribution >= 0.6 is 0 Å². The zero-order valence-electron chi connectivity index (χ0n) is 11.3. The summed E-state index contributed by atoms with van der Waals surface area (Å²) in [6.45, 7) is 0. The van der Waals surface area contributed by atoms with E-state index in [4.69, 9.17) is 0 Å². The van der Waals surface area contributed by atoms with Gasteiger partial charge in [-0.1, -0.05) is 0 Å². The van der Waals surface area contributed by atoms with E-state index >= 15 is 0 Å². The Morgan fingerprint density at radius 1 is 0.917 bits per heavy atom. The summed E-state index contributed by atoms with van der Waals surface area (Å²) in [6.07, 6.45) is -3.87. The summed E-state index contributed by atoms with van der Waals surface area (Å²) in [5.74, 6) is -9.89. The molecule has 2 aromatic rings. The molecule has 1 N–H and O–H groups in total. The minimum Gasteiger partial charge on any atom is -0.395 e. The Morgan fingerprint density at radius 3 is 2.29 bits per heavy atom. The summed E-state index contributed by atoms with van der Waals surface area (Å²) >= 11 is 0. The van der Waals surface area contributed by atoms with Crippen LogP contribution in [-0.2, 0) is 0 Å². The second-order valence-electron chi connectivity index (χ2n) is 4.63. The Kier molecular flexibility index (Phi) is 3.54. The number of benzene rings is 2. The van der Waals surface area contributed by atoms with Gasteiger partial charge in [0, 0.05) is 11.8 Å². The normalized spacial score (nSPS) is 14.6. The first-order valence-corrected chi connectivity index (χ1v) is 6.22. The number of alkyl halides is 2. The molecule has 0 radical (unpaired) electrons. The Labute approximate surface area is 129 Å². The predicted octanol–water partition coefficient (Wildman–Crippen LogP) is 3.82. The summed E-state index contributed by atoms with van der Waals surface area (Å²) in [5, 5.41) is 2.01. The number of hydrogen-bond acceptors (Lipinski definition) is 3. The van der Waals surface area contributed by atoms with Crippen molar-refractivity contribution in [1.29, 1.82) is 0 Å². The van der Waals surface area contributed by atoms with E-state index in [1.807, 2.05) is 5.32 Å². The number of nitrogens with one attached hydrogen (secondary N) is 1. The maximum Gasteiger partial charge on any atom is 0.586 e. The average Bonchev–Trinajstić information content (AvgIpc) is 2.81. The highest BCUT2D eigenvalue weighted by Crippen LogP contribution is 2.42. The highest BCUT2D eigenvalue weighted by molar-refractivity contribution is 6.04. The molecule has 3 rings (SSSR count). The molecular formula is C14H5F6NO3. The van der Waals surface area contributed by atoms with Crippen LogP contribution in [0.25, 0.3) is 0 Å². The van der Waals surface area contributed by atoms with Crippen LogP contribution in [0.15, 0.2) is 24.3 Å². The quantitative estimate of drug-likeness (QED) is 0.509. The largest absolute Gasteiger partial charge is 0.586 e. The van der Waals surface area contributed by atoms with Crippen LogP contribution in [0.4, 0.5) is 32.0 Å². The molecule has 24 heavy (non-hydrogen) atoms. The lowest BCUT2D eigenvalue weighted by molar-refractivity contribution is -0.286. The van der Waals surface area contributed by atoms with Gasteiger partial charge in [0.15, 0.2) is 34.8 Å². The Morgan fingerprint density at radius 2 is 1.58 bits per heavy atom. The molecule has 1 heterocycles. The molecule has 126 valence electrons. The number of amides is 1. The monoisotopic (exact) mass is 349 g/mol. The molecule has 0 bridgehead atoms. The number of carbonyl (C=O) groups is 1. The first-order chi connectivity index (χ1) is 11.2. The van der Waals surface area contributed by atoms with Crippen molar-refractivity contribution in [3.05, 3.63) is 53.1 Å². The van der Waals surface area contributed by atoms with Crippen molar-refractivity contribution in [1.82, 2.24) is 0 Å². The van der Waals surface area contributed by atoms with E-state index in [2.05, 4.69) is 9.47 Å². The first-order valence-electron chi connectivity index (χ1n) is 6.22. The van der Waals surface area contributed by atoms with Gasteiger partial charge in [-0.05, 0) is 18.2 Å². The second kappa shape index (κ2) is 5.32. The fourth-order valence-electron chi connectivity index (χ4n) is 1.96. The minimum atomic E-state index is -3.87. The molecule has 0 spiro atoms. The van der Waals surface area contributed by atoms with Crippen LogP contribution in [0, 0.1) is 23.3 Å². The number of fused-ring (bicyclic) bond motifs is 1. The molecule has 0 saturated carbocycles. The number of carbonyl (C=O) groups excluding carboxylic acids is 1. The predicted molar refractivity (Wildman–Crippen MR) is 66.9 cm³/mol. The Bertz CT molecular complexity index is 855. The molecule has 1 aliphatic rings. The fraction of sp³-hybridized carbons (Fsp3) is 0.0714. The van der Waals surface area contributed by atoms with E-state index in [1.54, 1.807) is 0 Å². The summed E-state index contributed by atoms with van der Waals surface area (Å²) in [4.78, 5) is 11.9. The molecule has 4 nitrogen and oxygen atoms in total. The maximum absolute atomic E-state index is 13.5. The molecule has 10 heteroatoms. The van der Waals surface area contributed by atoms with Gasteiger partial charge in [0.25, 0.3) is 5.91 Å². The van der Waals surface area contributed by atoms with E-state index in [-0.39, 0.29) is 17.5 Å². The number of rotatable bonds is 2. The third kappa shape index (κ3) is 2.70. The van der Waals surface area contributed by atoms with E-state index < -0.39 is 46.8 Å². The van der Waals surface area contributed by atoms with Gasteiger partial charge in [0.05, 0.1) is 5.56 Å². The number of anilines is 1. The van der Waals surface area contributed by atoms with Gasteiger partial charge in [-0.2, -0.15) is 0 Å². The zero-order chi connectivity index (χ0) is 17.6. The number of ether oxygens (including phenoxy) is 2. The number of halogens is 6. The summed E-state index contributed by atoms with van der Waals surface area (Å²) in [5.41, 5.74) is -1.25. The Hall–Kier alpha value is -2.91. The zero-order valence-corrected chi connectivity index (χ0v) is 11.3. The smallest absolute Gasteiger partial charge is 0.395 e. The molecule has 0 atom stereocenters. The lowest BCUT2D eigenvalue weighted by Crippen LogP contribution is -2.25. The van der Waals surface area contributed by atoms with Gasteiger partial charge in [-0.25, -0.2) is 17.6 Å². The van der Waals surface area contributed by atoms with Crippen molar-refractivity contribution in [2.45, 2.75) is 6.29 Å². The lowest BCUT2D eigenvalue weighted by Gasteiger charge is -2.08. The van der Waals surface area contributed by atoms with Gasteiger partial charge < -0.3 is 14.8 Å². The van der Waals surface area contributed by atoms with Crippen molar-refractivity contribution in [2.24, 2.45) is 0 Å². The molecule has 0 fully saturated rings. The van der Waals surface area contributed by atoms with E-state index in [1.165, 1.54) is 0 Å². The minimum absolute atomic E-state index is 0.149. The van der Waals surface area contributed by atoms with Crippen molar-refractivity contribution < 1.29 is 40.6 Å². The Balaban J connectivity index is 1.87. The van der Waals surface area contributed by atoms with Crippen LogP contribution in [-0.4, -0.2) is 12.2 Å². The molecule has 0 saturated heterocycles. The number of hydrogen-bond donors (Lipinski definition) is 1. The third-order valence-corrected chi connectivity index (χ3v) is 3.01. The van der Waals surface area contributed by atoms with Gasteiger partial charge in [-0.3, -0.25) is 4.79 Å². The molecule has 0 aliphatic carbocycles. The maximum atomic E-state index is 13.5. The SMILES string of the molecule is O=C(Nc1ccc2c(c1)OC(F)(F)O2)c1cc(F)c(F)c(F)c1F. The van der Waals surface area contributed by atoms with Crippen LogP contribution in [0.1, 0.15) is 10.4 Å². The van der Waals surface area contributed by atoms with Crippen LogP contribution in [0.3, 0.4) is 0 Å². The molecule has 1 aliphatic heterocycles. The molecule has 1 amide bonds. The summed E-state index contributed by atoms with van der Waals surface area (Å²) < 4.78 is 86.7. The first kappa shape index (κ1) is 16.0. The van der Waals surface area contributed by atoms with Gasteiger partial charge in [0.2, 0.25) is 0 Å². The van der Waals surface area contributed by atoms with Gasteiger partial charge >= 0.3 is 6.29 Å². The standard InChI is InChI=1S/C14H5F6NO3/c15-7-4-6(10(16)12(18)11(7)17)13(22)21-5-1-2-8-9(3-5)24-14(19,20)23-8/h1-4H,(H,21,22). The van der Waals surface area contributed by atoms with Crippen molar-refractivity contribution >= 4 is 11.6 Å².